The molecule has 1 aliphatic rings. The molecule has 1 fully saturated rings. The first-order valence-corrected chi connectivity index (χ1v) is 6.52. The first-order chi connectivity index (χ1) is 8.22. The second-order valence-electron chi connectivity index (χ2n) is 4.89. The van der Waals surface area contributed by atoms with Gasteiger partial charge in [-0.3, -0.25) is 0 Å². The second kappa shape index (κ2) is 5.34. The van der Waals surface area contributed by atoms with Gasteiger partial charge in [0.2, 0.25) is 0 Å². The van der Waals surface area contributed by atoms with E-state index in [1.165, 1.54) is 18.4 Å². The largest absolute Gasteiger partial charge is 0.370 e. The molecule has 94 valence electrons. The van der Waals surface area contributed by atoms with E-state index in [2.05, 4.69) is 41.0 Å². The van der Waals surface area contributed by atoms with Crippen molar-refractivity contribution in [3.8, 4) is 0 Å². The maximum atomic E-state index is 4.45. The highest BCUT2D eigenvalue weighted by molar-refractivity contribution is 5.58. The molecular formula is C13H22N4. The third-order valence-corrected chi connectivity index (χ3v) is 3.36. The summed E-state index contributed by atoms with van der Waals surface area (Å²) in [6.07, 6.45) is 4.27. The van der Waals surface area contributed by atoms with Crippen LogP contribution in [0.1, 0.15) is 32.3 Å². The quantitative estimate of drug-likeness (QED) is 0.872. The zero-order valence-corrected chi connectivity index (χ0v) is 11.0. The van der Waals surface area contributed by atoms with Crippen LogP contribution in [0.2, 0.25) is 0 Å². The Balaban J connectivity index is 2.22. The molecule has 0 spiro atoms. The van der Waals surface area contributed by atoms with Crippen LogP contribution in [-0.2, 0) is 0 Å². The molecule has 2 heterocycles. The lowest BCUT2D eigenvalue weighted by Gasteiger charge is -2.32. The van der Waals surface area contributed by atoms with E-state index in [-0.39, 0.29) is 0 Å². The van der Waals surface area contributed by atoms with Crippen molar-refractivity contribution >= 4 is 11.6 Å². The van der Waals surface area contributed by atoms with E-state index in [0.717, 1.165) is 37.2 Å². The molecule has 1 aliphatic heterocycles. The number of piperidine rings is 1. The third-order valence-electron chi connectivity index (χ3n) is 3.36. The van der Waals surface area contributed by atoms with Crippen molar-refractivity contribution < 1.29 is 0 Å². The van der Waals surface area contributed by atoms with Crippen LogP contribution in [0.5, 0.6) is 0 Å². The summed E-state index contributed by atoms with van der Waals surface area (Å²) in [5.41, 5.74) is 1.17. The van der Waals surface area contributed by atoms with Crippen molar-refractivity contribution in [1.29, 1.82) is 0 Å². The van der Waals surface area contributed by atoms with Gasteiger partial charge in [-0.05, 0) is 32.6 Å². The number of hydrogen-bond donors (Lipinski definition) is 1. The summed E-state index contributed by atoms with van der Waals surface area (Å²) in [4.78, 5) is 11.1. The topological polar surface area (TPSA) is 41.1 Å². The van der Waals surface area contributed by atoms with Crippen LogP contribution < -0.4 is 10.2 Å². The summed E-state index contributed by atoms with van der Waals surface area (Å²) in [6.45, 7) is 9.63. The fourth-order valence-corrected chi connectivity index (χ4v) is 2.49. The molecule has 0 aromatic carbocycles. The highest BCUT2D eigenvalue weighted by Gasteiger charge is 2.20. The molecule has 0 saturated carbocycles. The fourth-order valence-electron chi connectivity index (χ4n) is 2.49. The van der Waals surface area contributed by atoms with Gasteiger partial charge in [0, 0.05) is 25.2 Å². The number of nitrogens with zero attached hydrogens (tertiary/aromatic N) is 3. The predicted molar refractivity (Wildman–Crippen MR) is 71.5 cm³/mol. The molecule has 4 nitrogen and oxygen atoms in total. The number of rotatable bonds is 3. The summed E-state index contributed by atoms with van der Waals surface area (Å²) in [5, 5.41) is 3.29. The zero-order chi connectivity index (χ0) is 12.3. The highest BCUT2D eigenvalue weighted by Crippen LogP contribution is 2.26. The molecule has 1 unspecified atom stereocenters. The second-order valence-corrected chi connectivity index (χ2v) is 4.89. The fraction of sp³-hybridized carbons (Fsp3) is 0.692. The summed E-state index contributed by atoms with van der Waals surface area (Å²) >= 11 is 0. The van der Waals surface area contributed by atoms with Crippen LogP contribution in [0.3, 0.4) is 0 Å². The average Bonchev–Trinajstić information content (AvgIpc) is 2.32. The van der Waals surface area contributed by atoms with E-state index < -0.39 is 0 Å². The molecular weight excluding hydrogens is 212 g/mol. The van der Waals surface area contributed by atoms with Crippen LogP contribution in [0.25, 0.3) is 0 Å². The van der Waals surface area contributed by atoms with E-state index in [1.807, 2.05) is 0 Å². The normalized spacial score (nSPS) is 20.4. The van der Waals surface area contributed by atoms with Crippen molar-refractivity contribution in [3.63, 3.8) is 0 Å². The van der Waals surface area contributed by atoms with Crippen LogP contribution in [0.4, 0.5) is 11.6 Å². The average molecular weight is 234 g/mol. The van der Waals surface area contributed by atoms with Crippen LogP contribution in [-0.4, -0.2) is 29.6 Å². The number of aromatic nitrogens is 2. The zero-order valence-electron chi connectivity index (χ0n) is 11.0. The van der Waals surface area contributed by atoms with E-state index in [9.17, 15) is 0 Å². The van der Waals surface area contributed by atoms with Crippen molar-refractivity contribution in [2.24, 2.45) is 5.92 Å². The molecule has 1 atom stereocenters. The number of anilines is 2. The van der Waals surface area contributed by atoms with Gasteiger partial charge in [0.05, 0.1) is 0 Å². The Morgan fingerprint density at radius 3 is 3.00 bits per heavy atom. The van der Waals surface area contributed by atoms with E-state index in [0.29, 0.717) is 0 Å². The van der Waals surface area contributed by atoms with E-state index >= 15 is 0 Å². The monoisotopic (exact) mass is 234 g/mol. The third kappa shape index (κ3) is 2.68. The highest BCUT2D eigenvalue weighted by atomic mass is 15.2. The van der Waals surface area contributed by atoms with Crippen molar-refractivity contribution in [3.05, 3.63) is 11.9 Å². The molecule has 1 aromatic heterocycles. The lowest BCUT2D eigenvalue weighted by Crippen LogP contribution is -2.35. The number of nitrogens with one attached hydrogen (secondary N) is 1. The Kier molecular flexibility index (Phi) is 3.82. The molecule has 0 amide bonds. The van der Waals surface area contributed by atoms with Gasteiger partial charge < -0.3 is 10.2 Å². The molecule has 0 radical (unpaired) electrons. The van der Waals surface area contributed by atoms with Crippen molar-refractivity contribution in [2.75, 3.05) is 29.9 Å². The van der Waals surface area contributed by atoms with Gasteiger partial charge in [0.1, 0.15) is 18.0 Å². The molecule has 4 heteroatoms. The van der Waals surface area contributed by atoms with Crippen LogP contribution in [0, 0.1) is 12.8 Å². The van der Waals surface area contributed by atoms with Crippen molar-refractivity contribution in [1.82, 2.24) is 9.97 Å². The minimum atomic E-state index is 0.765. The Morgan fingerprint density at radius 1 is 1.47 bits per heavy atom. The van der Waals surface area contributed by atoms with Gasteiger partial charge in [0.25, 0.3) is 0 Å². The molecule has 0 bridgehead atoms. The van der Waals surface area contributed by atoms with Gasteiger partial charge in [-0.2, -0.15) is 0 Å². The molecule has 1 saturated heterocycles. The molecule has 1 aromatic rings. The minimum Gasteiger partial charge on any atom is -0.370 e. The van der Waals surface area contributed by atoms with Gasteiger partial charge in [-0.15, -0.1) is 0 Å². The lowest BCUT2D eigenvalue weighted by atomic mass is 10.00. The van der Waals surface area contributed by atoms with Gasteiger partial charge in [-0.1, -0.05) is 6.92 Å². The lowest BCUT2D eigenvalue weighted by molar-refractivity contribution is 0.444. The minimum absolute atomic E-state index is 0.765. The summed E-state index contributed by atoms with van der Waals surface area (Å²) < 4.78 is 0. The SMILES string of the molecule is CCNc1ncnc(N2CCCC(C)C2)c1C. The Morgan fingerprint density at radius 2 is 2.29 bits per heavy atom. The smallest absolute Gasteiger partial charge is 0.137 e. The maximum absolute atomic E-state index is 4.45. The first kappa shape index (κ1) is 12.1. The molecule has 0 aliphatic carbocycles. The Bertz CT molecular complexity index is 378. The summed E-state index contributed by atoms with van der Waals surface area (Å²) in [7, 11) is 0. The van der Waals surface area contributed by atoms with Gasteiger partial charge >= 0.3 is 0 Å². The molecule has 1 N–H and O–H groups in total. The Hall–Kier alpha value is -1.32. The predicted octanol–water partition coefficient (Wildman–Crippen LogP) is 2.45. The summed E-state index contributed by atoms with van der Waals surface area (Å²) in [5.74, 6) is 2.83. The van der Waals surface area contributed by atoms with E-state index in [1.54, 1.807) is 6.33 Å². The maximum Gasteiger partial charge on any atom is 0.137 e. The van der Waals surface area contributed by atoms with E-state index in [4.69, 9.17) is 0 Å². The number of hydrogen-bond acceptors (Lipinski definition) is 4. The van der Waals surface area contributed by atoms with Gasteiger partial charge in [0.15, 0.2) is 0 Å². The molecule has 17 heavy (non-hydrogen) atoms. The molecule has 2 rings (SSSR count). The van der Waals surface area contributed by atoms with Crippen molar-refractivity contribution in [2.45, 2.75) is 33.6 Å². The first-order valence-electron chi connectivity index (χ1n) is 6.52. The standard InChI is InChI=1S/C13H22N4/c1-4-14-12-11(3)13(16-9-15-12)17-7-5-6-10(2)8-17/h9-10H,4-8H2,1-3H3,(H,14,15,16). The summed E-state index contributed by atoms with van der Waals surface area (Å²) in [6, 6.07) is 0. The van der Waals surface area contributed by atoms with Gasteiger partial charge in [-0.25, -0.2) is 9.97 Å². The van der Waals surface area contributed by atoms with Crippen LogP contribution in [0.15, 0.2) is 6.33 Å². The Labute approximate surface area is 103 Å². The van der Waals surface area contributed by atoms with Crippen LogP contribution >= 0.6 is 0 Å².